The van der Waals surface area contributed by atoms with Crippen LogP contribution in [0.5, 0.6) is 0 Å². The van der Waals surface area contributed by atoms with E-state index in [1.807, 2.05) is 6.92 Å². The lowest BCUT2D eigenvalue weighted by atomic mass is 9.99. The van der Waals surface area contributed by atoms with Crippen molar-refractivity contribution in [3.63, 3.8) is 0 Å². The normalized spacial score (nSPS) is 17.5. The molecule has 1 saturated heterocycles. The molecule has 1 rings (SSSR count). The Labute approximate surface area is 160 Å². The van der Waals surface area contributed by atoms with E-state index >= 15 is 0 Å². The maximum Gasteiger partial charge on any atom is 0.211 e. The van der Waals surface area contributed by atoms with Crippen LogP contribution >= 0.6 is 0 Å². The van der Waals surface area contributed by atoms with Crippen LogP contribution in [0.15, 0.2) is 4.99 Å². The molecule has 0 aromatic carbocycles. The van der Waals surface area contributed by atoms with E-state index in [1.54, 1.807) is 0 Å². The molecular formula is C18H39N5O2S. The molecule has 1 aliphatic heterocycles. The number of hydrogen-bond acceptors (Lipinski definition) is 4. The van der Waals surface area contributed by atoms with Crippen molar-refractivity contribution < 1.29 is 8.42 Å². The Morgan fingerprint density at radius 3 is 2.35 bits per heavy atom. The molecule has 2 N–H and O–H groups in total. The molecule has 0 aliphatic carbocycles. The zero-order chi connectivity index (χ0) is 19.6. The molecule has 0 spiro atoms. The molecule has 0 aromatic heterocycles. The number of aliphatic imine (C=N–C) groups is 1. The van der Waals surface area contributed by atoms with E-state index in [1.165, 1.54) is 29.8 Å². The van der Waals surface area contributed by atoms with Crippen LogP contribution in [0.4, 0.5) is 0 Å². The third-order valence-electron chi connectivity index (χ3n) is 4.88. The summed E-state index contributed by atoms with van der Waals surface area (Å²) in [6, 6.07) is 0. The van der Waals surface area contributed by atoms with Gasteiger partial charge < -0.3 is 10.6 Å². The quantitative estimate of drug-likeness (QED) is 0.336. The Hall–Kier alpha value is -0.860. The highest BCUT2D eigenvalue weighted by Crippen LogP contribution is 2.20. The number of guanidine groups is 1. The summed E-state index contributed by atoms with van der Waals surface area (Å²) in [6.45, 7) is 14.0. The molecule has 1 heterocycles. The Kier molecular flexibility index (Phi) is 9.89. The monoisotopic (exact) mass is 389 g/mol. The first-order valence-electron chi connectivity index (χ1n) is 9.93. The van der Waals surface area contributed by atoms with Crippen LogP contribution < -0.4 is 10.6 Å². The fourth-order valence-electron chi connectivity index (χ4n) is 3.23. The predicted octanol–water partition coefficient (Wildman–Crippen LogP) is 1.48. The van der Waals surface area contributed by atoms with Gasteiger partial charge in [0.05, 0.1) is 12.8 Å². The maximum absolute atomic E-state index is 11.6. The Balaban J connectivity index is 2.50. The summed E-state index contributed by atoms with van der Waals surface area (Å²) in [4.78, 5) is 7.30. The molecule has 0 bridgehead atoms. The minimum absolute atomic E-state index is 0.0536. The van der Waals surface area contributed by atoms with Gasteiger partial charge in [0.25, 0.3) is 0 Å². The Morgan fingerprint density at radius 1 is 1.15 bits per heavy atom. The number of nitrogens with one attached hydrogen (secondary N) is 2. The standard InChI is InChI=1S/C18H39N5O2S/c1-6-19-17(20-12-11-15-23(7-2)26(5,24)25)21-16-18(3,4)22-13-9-8-10-14-22/h6-16H2,1-5H3,(H2,19,20,21). The summed E-state index contributed by atoms with van der Waals surface area (Å²) in [5.74, 6) is 0.806. The van der Waals surface area contributed by atoms with Crippen LogP contribution in [-0.2, 0) is 10.0 Å². The molecule has 7 nitrogen and oxygen atoms in total. The lowest BCUT2D eigenvalue weighted by Gasteiger charge is -2.40. The van der Waals surface area contributed by atoms with Crippen molar-refractivity contribution >= 4 is 16.0 Å². The van der Waals surface area contributed by atoms with Crippen molar-refractivity contribution in [3.05, 3.63) is 0 Å². The largest absolute Gasteiger partial charge is 0.357 e. The summed E-state index contributed by atoms with van der Waals surface area (Å²) in [5.41, 5.74) is 0.0536. The first-order chi connectivity index (χ1) is 12.2. The van der Waals surface area contributed by atoms with Crippen LogP contribution in [0.3, 0.4) is 0 Å². The number of rotatable bonds is 10. The zero-order valence-electron chi connectivity index (χ0n) is 17.3. The molecule has 1 aliphatic rings. The minimum atomic E-state index is -3.11. The lowest BCUT2D eigenvalue weighted by Crippen LogP contribution is -2.49. The molecule has 0 radical (unpaired) electrons. The summed E-state index contributed by atoms with van der Waals surface area (Å²) in [5, 5.41) is 6.60. The molecule has 0 aromatic rings. The second kappa shape index (κ2) is 11.1. The minimum Gasteiger partial charge on any atom is -0.357 e. The number of hydrogen-bond donors (Lipinski definition) is 2. The smallest absolute Gasteiger partial charge is 0.211 e. The molecule has 8 heteroatoms. The van der Waals surface area contributed by atoms with Gasteiger partial charge >= 0.3 is 0 Å². The average Bonchev–Trinajstić information content (AvgIpc) is 2.59. The van der Waals surface area contributed by atoms with Crippen LogP contribution in [0, 0.1) is 0 Å². The van der Waals surface area contributed by atoms with E-state index in [-0.39, 0.29) is 5.54 Å². The van der Waals surface area contributed by atoms with Gasteiger partial charge in [-0.05, 0) is 53.1 Å². The molecule has 0 saturated carbocycles. The zero-order valence-corrected chi connectivity index (χ0v) is 18.2. The summed E-state index contributed by atoms with van der Waals surface area (Å²) < 4.78 is 24.7. The van der Waals surface area contributed by atoms with Gasteiger partial charge in [0.15, 0.2) is 5.96 Å². The highest BCUT2D eigenvalue weighted by Gasteiger charge is 2.27. The first-order valence-corrected chi connectivity index (χ1v) is 11.8. The van der Waals surface area contributed by atoms with E-state index in [9.17, 15) is 8.42 Å². The second-order valence-electron chi connectivity index (χ2n) is 7.59. The van der Waals surface area contributed by atoms with Crippen molar-refractivity contribution in [2.24, 2.45) is 4.99 Å². The second-order valence-corrected chi connectivity index (χ2v) is 9.57. The van der Waals surface area contributed by atoms with Crippen molar-refractivity contribution in [1.29, 1.82) is 0 Å². The van der Waals surface area contributed by atoms with Crippen molar-refractivity contribution in [1.82, 2.24) is 19.8 Å². The molecule has 1 fully saturated rings. The molecule has 0 unspecified atom stereocenters. The SMILES string of the molecule is CCNC(=NCC(C)(C)N1CCCCC1)NCCCN(CC)S(C)(=O)=O. The van der Waals surface area contributed by atoms with Gasteiger partial charge in [-0.1, -0.05) is 13.3 Å². The van der Waals surface area contributed by atoms with E-state index in [0.717, 1.165) is 38.6 Å². The molecule has 154 valence electrons. The van der Waals surface area contributed by atoms with Crippen molar-refractivity contribution in [3.8, 4) is 0 Å². The highest BCUT2D eigenvalue weighted by atomic mass is 32.2. The van der Waals surface area contributed by atoms with Crippen LogP contribution in [0.25, 0.3) is 0 Å². The number of piperidine rings is 1. The molecule has 0 atom stereocenters. The maximum atomic E-state index is 11.6. The molecule has 0 amide bonds. The fraction of sp³-hybridized carbons (Fsp3) is 0.944. The summed E-state index contributed by atoms with van der Waals surface area (Å²) >= 11 is 0. The van der Waals surface area contributed by atoms with Crippen LogP contribution in [0.1, 0.15) is 53.4 Å². The topological polar surface area (TPSA) is 77.0 Å². The Morgan fingerprint density at radius 2 is 1.81 bits per heavy atom. The number of nitrogens with zero attached hydrogens (tertiary/aromatic N) is 3. The van der Waals surface area contributed by atoms with E-state index in [4.69, 9.17) is 4.99 Å². The van der Waals surface area contributed by atoms with Gasteiger partial charge in [-0.2, -0.15) is 0 Å². The third kappa shape index (κ3) is 8.22. The third-order valence-corrected chi connectivity index (χ3v) is 6.26. The Bertz CT molecular complexity index is 528. The van der Waals surface area contributed by atoms with Gasteiger partial charge in [0.2, 0.25) is 10.0 Å². The van der Waals surface area contributed by atoms with E-state index in [2.05, 4.69) is 36.3 Å². The molecule has 26 heavy (non-hydrogen) atoms. The number of likely N-dealkylation sites (tertiary alicyclic amines) is 1. The molecular weight excluding hydrogens is 350 g/mol. The van der Waals surface area contributed by atoms with Gasteiger partial charge in [-0.3, -0.25) is 9.89 Å². The fourth-order valence-corrected chi connectivity index (χ4v) is 4.16. The van der Waals surface area contributed by atoms with E-state index < -0.39 is 10.0 Å². The van der Waals surface area contributed by atoms with Gasteiger partial charge in [-0.15, -0.1) is 0 Å². The lowest BCUT2D eigenvalue weighted by molar-refractivity contribution is 0.102. The van der Waals surface area contributed by atoms with Gasteiger partial charge in [0, 0.05) is 31.7 Å². The van der Waals surface area contributed by atoms with Crippen LogP contribution in [-0.4, -0.2) is 81.2 Å². The summed E-state index contributed by atoms with van der Waals surface area (Å²) in [6.07, 6.45) is 5.90. The van der Waals surface area contributed by atoms with Crippen molar-refractivity contribution in [2.45, 2.75) is 58.9 Å². The van der Waals surface area contributed by atoms with Crippen LogP contribution in [0.2, 0.25) is 0 Å². The van der Waals surface area contributed by atoms with Gasteiger partial charge in [-0.25, -0.2) is 12.7 Å². The summed E-state index contributed by atoms with van der Waals surface area (Å²) in [7, 11) is -3.11. The predicted molar refractivity (Wildman–Crippen MR) is 110 cm³/mol. The van der Waals surface area contributed by atoms with Crippen molar-refractivity contribution in [2.75, 3.05) is 52.1 Å². The first kappa shape index (κ1) is 23.2. The average molecular weight is 390 g/mol. The highest BCUT2D eigenvalue weighted by molar-refractivity contribution is 7.88. The van der Waals surface area contributed by atoms with E-state index in [0.29, 0.717) is 19.6 Å². The number of sulfonamides is 1. The van der Waals surface area contributed by atoms with Gasteiger partial charge in [0.1, 0.15) is 0 Å².